The van der Waals surface area contributed by atoms with E-state index in [4.69, 9.17) is 0 Å². The van der Waals surface area contributed by atoms with Gasteiger partial charge in [0.1, 0.15) is 0 Å². The van der Waals surface area contributed by atoms with Gasteiger partial charge in [0.15, 0.2) is 0 Å². The van der Waals surface area contributed by atoms with Crippen LogP contribution in [0.25, 0.3) is 34.1 Å². The second-order valence-electron chi connectivity index (χ2n) is 5.64. The van der Waals surface area contributed by atoms with E-state index in [0.717, 1.165) is 21.7 Å². The molecule has 3 aromatic carbocycles. The Kier molecular flexibility index (Phi) is 2.12. The molecule has 0 radical (unpaired) electrons. The smallest absolute Gasteiger partial charge is 0.267 e. The van der Waals surface area contributed by atoms with Crippen LogP contribution in [0.2, 0.25) is 0 Å². The molecular weight excluding hydrogens is 270 g/mol. The third-order valence-corrected chi connectivity index (χ3v) is 4.41. The van der Waals surface area contributed by atoms with Crippen molar-refractivity contribution in [2.45, 2.75) is 0 Å². The number of benzene rings is 3. The lowest BCUT2D eigenvalue weighted by Crippen LogP contribution is -2.30. The van der Waals surface area contributed by atoms with E-state index in [1.165, 1.54) is 28.0 Å². The Bertz CT molecular complexity index is 1140. The van der Waals surface area contributed by atoms with E-state index < -0.39 is 0 Å². The molecule has 0 atom stereocenters. The summed E-state index contributed by atoms with van der Waals surface area (Å²) in [4.78, 5) is 15.9. The van der Waals surface area contributed by atoms with Gasteiger partial charge in [-0.15, -0.1) is 0 Å². The van der Waals surface area contributed by atoms with Crippen LogP contribution in [0.5, 0.6) is 0 Å². The summed E-state index contributed by atoms with van der Waals surface area (Å²) < 4.78 is 0. The molecule has 0 unspecified atom stereocenters. The molecule has 1 aliphatic heterocycles. The number of carbonyl (C=O) groups is 1. The van der Waals surface area contributed by atoms with E-state index in [1.807, 2.05) is 12.1 Å². The van der Waals surface area contributed by atoms with Gasteiger partial charge in [0.2, 0.25) is 0 Å². The largest absolute Gasteiger partial charge is 0.270 e. The average molecular weight is 281 g/mol. The first-order valence-electron chi connectivity index (χ1n) is 7.29. The van der Waals surface area contributed by atoms with Gasteiger partial charge in [-0.1, -0.05) is 48.5 Å². The van der Waals surface area contributed by atoms with Gasteiger partial charge in [-0.2, -0.15) is 0 Å². The summed E-state index contributed by atoms with van der Waals surface area (Å²) in [6, 6.07) is 16.9. The molecule has 102 valence electrons. The fraction of sp³-hybridized carbons (Fsp3) is 0. The highest BCUT2D eigenvalue weighted by Gasteiger charge is 2.18. The van der Waals surface area contributed by atoms with Crippen LogP contribution in [0, 0.1) is 0 Å². The van der Waals surface area contributed by atoms with E-state index in [-0.39, 0.29) is 5.91 Å². The zero-order valence-corrected chi connectivity index (χ0v) is 11.7. The first-order valence-corrected chi connectivity index (χ1v) is 7.29. The van der Waals surface area contributed by atoms with E-state index in [9.17, 15) is 4.79 Å². The molecule has 0 aromatic heterocycles. The Morgan fingerprint density at radius 3 is 2.64 bits per heavy atom. The minimum absolute atomic E-state index is 0.185. The third-order valence-electron chi connectivity index (χ3n) is 4.41. The molecule has 1 heterocycles. The molecule has 0 bridgehead atoms. The molecule has 0 saturated heterocycles. The van der Waals surface area contributed by atoms with Crippen LogP contribution in [-0.4, -0.2) is 5.91 Å². The zero-order chi connectivity index (χ0) is 14.7. The number of fused-ring (bicyclic) bond motifs is 7. The molecule has 0 saturated carbocycles. The molecule has 22 heavy (non-hydrogen) atoms. The van der Waals surface area contributed by atoms with Crippen molar-refractivity contribution in [1.82, 2.24) is 0 Å². The number of amides is 1. The summed E-state index contributed by atoms with van der Waals surface area (Å²) >= 11 is 0. The summed E-state index contributed by atoms with van der Waals surface area (Å²) in [7, 11) is 0. The maximum atomic E-state index is 11.6. The van der Waals surface area contributed by atoms with Crippen LogP contribution in [0.4, 0.5) is 0 Å². The second-order valence-corrected chi connectivity index (χ2v) is 5.64. The predicted molar refractivity (Wildman–Crippen MR) is 87.8 cm³/mol. The number of hydrogen-bond donors (Lipinski definition) is 0. The highest BCUT2D eigenvalue weighted by Crippen LogP contribution is 2.33. The third kappa shape index (κ3) is 1.44. The molecule has 1 aliphatic carbocycles. The minimum atomic E-state index is -0.185. The molecule has 2 nitrogen and oxygen atoms in total. The topological polar surface area (TPSA) is 29.4 Å². The lowest BCUT2D eigenvalue weighted by Gasteiger charge is -2.08. The van der Waals surface area contributed by atoms with Gasteiger partial charge in [0.05, 0.1) is 5.36 Å². The van der Waals surface area contributed by atoms with Crippen LogP contribution < -0.4 is 10.6 Å². The van der Waals surface area contributed by atoms with Gasteiger partial charge >= 0.3 is 0 Å². The summed E-state index contributed by atoms with van der Waals surface area (Å²) in [5, 5.41) is 4.33. The van der Waals surface area contributed by atoms with Gasteiger partial charge in [-0.05, 0) is 39.6 Å². The summed E-state index contributed by atoms with van der Waals surface area (Å²) in [5.41, 5.74) is 4.61. The van der Waals surface area contributed by atoms with Crippen molar-refractivity contribution in [1.29, 1.82) is 0 Å². The Morgan fingerprint density at radius 1 is 0.818 bits per heavy atom. The lowest BCUT2D eigenvalue weighted by atomic mass is 9.96. The Balaban J connectivity index is 1.96. The number of carbonyl (C=O) groups excluding carboxylic acids is 1. The first-order chi connectivity index (χ1) is 10.8. The summed E-state index contributed by atoms with van der Waals surface area (Å²) in [6.45, 7) is 0. The van der Waals surface area contributed by atoms with Crippen molar-refractivity contribution >= 4 is 28.8 Å². The van der Waals surface area contributed by atoms with Crippen LogP contribution in [-0.2, 0) is 4.79 Å². The summed E-state index contributed by atoms with van der Waals surface area (Å²) in [6.07, 6.45) is 5.51. The maximum Gasteiger partial charge on any atom is 0.270 e. The van der Waals surface area contributed by atoms with Crippen molar-refractivity contribution in [3.05, 3.63) is 76.3 Å². The monoisotopic (exact) mass is 281 g/mol. The Hall–Kier alpha value is -3.00. The van der Waals surface area contributed by atoms with Crippen molar-refractivity contribution in [3.8, 4) is 11.1 Å². The summed E-state index contributed by atoms with van der Waals surface area (Å²) in [5.74, 6) is -0.185. The van der Waals surface area contributed by atoms with E-state index in [2.05, 4.69) is 53.5 Å². The molecule has 3 aromatic rings. The van der Waals surface area contributed by atoms with Gasteiger partial charge < -0.3 is 0 Å². The zero-order valence-electron chi connectivity index (χ0n) is 11.7. The van der Waals surface area contributed by atoms with Crippen molar-refractivity contribution in [3.63, 3.8) is 0 Å². The fourth-order valence-electron chi connectivity index (χ4n) is 3.42. The van der Waals surface area contributed by atoms with Gasteiger partial charge in [0.25, 0.3) is 5.91 Å². The quantitative estimate of drug-likeness (QED) is 0.487. The van der Waals surface area contributed by atoms with E-state index in [0.29, 0.717) is 0 Å². The van der Waals surface area contributed by atoms with Gasteiger partial charge in [0, 0.05) is 16.9 Å². The molecule has 2 aliphatic rings. The number of rotatable bonds is 0. The molecule has 5 rings (SSSR count). The number of nitrogens with zero attached hydrogens (tertiary/aromatic N) is 1. The fourth-order valence-corrected chi connectivity index (χ4v) is 3.42. The molecule has 0 N–H and O–H groups in total. The number of hydrogen-bond acceptors (Lipinski definition) is 1. The van der Waals surface area contributed by atoms with Gasteiger partial charge in [-0.25, -0.2) is 4.99 Å². The van der Waals surface area contributed by atoms with Crippen LogP contribution >= 0.6 is 0 Å². The van der Waals surface area contributed by atoms with E-state index in [1.54, 1.807) is 0 Å². The lowest BCUT2D eigenvalue weighted by molar-refractivity contribution is -0.113. The van der Waals surface area contributed by atoms with Gasteiger partial charge in [-0.3, -0.25) is 4.79 Å². The average Bonchev–Trinajstić information content (AvgIpc) is 2.94. The normalized spacial score (nSPS) is 14.1. The van der Waals surface area contributed by atoms with Crippen LogP contribution in [0.3, 0.4) is 0 Å². The Labute approximate surface area is 126 Å². The molecule has 1 amide bonds. The molecule has 2 heteroatoms. The standard InChI is InChI=1S/C20H11NO/c22-18-10-8-13-7-9-16-17(20(13)21-18)11-14-6-5-12-3-1-2-4-15(12)19(14)16/h1-11H. The Morgan fingerprint density at radius 2 is 1.68 bits per heavy atom. The van der Waals surface area contributed by atoms with Crippen molar-refractivity contribution in [2.75, 3.05) is 0 Å². The maximum absolute atomic E-state index is 11.6. The predicted octanol–water partition coefficient (Wildman–Crippen LogP) is 2.82. The van der Waals surface area contributed by atoms with Crippen molar-refractivity contribution in [2.24, 2.45) is 4.99 Å². The second kappa shape index (κ2) is 4.01. The molecular formula is C20H11NO. The highest BCUT2D eigenvalue weighted by molar-refractivity contribution is 6.03. The van der Waals surface area contributed by atoms with E-state index >= 15 is 0 Å². The molecule has 0 fully saturated rings. The van der Waals surface area contributed by atoms with Crippen LogP contribution in [0.15, 0.2) is 59.6 Å². The highest BCUT2D eigenvalue weighted by atomic mass is 16.1. The molecule has 0 spiro atoms. The van der Waals surface area contributed by atoms with Crippen molar-refractivity contribution < 1.29 is 4.79 Å². The minimum Gasteiger partial charge on any atom is -0.267 e. The van der Waals surface area contributed by atoms with Crippen LogP contribution in [0.1, 0.15) is 11.1 Å². The first kappa shape index (κ1) is 11.6. The SMILES string of the molecule is O=C1C=Cc2ccc3c(c2=N1)=Cc1ccc2ccccc2c1-3.